The molecule has 2 aliphatic rings. The molecule has 0 unspecified atom stereocenters. The summed E-state index contributed by atoms with van der Waals surface area (Å²) in [6.07, 6.45) is 3.30. The molecule has 3 nitrogen and oxygen atoms in total. The zero-order valence-corrected chi connectivity index (χ0v) is 10.4. The van der Waals surface area contributed by atoms with Crippen molar-refractivity contribution in [3.63, 3.8) is 0 Å². The van der Waals surface area contributed by atoms with E-state index >= 15 is 0 Å². The lowest BCUT2D eigenvalue weighted by Gasteiger charge is -2.02. The highest BCUT2D eigenvalue weighted by atomic mass is 16.5. The second-order valence-corrected chi connectivity index (χ2v) is 4.40. The molecule has 2 aliphatic carbocycles. The third kappa shape index (κ3) is 2.51. The lowest BCUT2D eigenvalue weighted by atomic mass is 10.0. The molecule has 0 spiro atoms. The molecule has 3 heteroatoms. The molecule has 94 valence electrons. The van der Waals surface area contributed by atoms with Gasteiger partial charge in [-0.25, -0.2) is 5.48 Å². The average Bonchev–Trinajstić information content (AvgIpc) is 2.64. The van der Waals surface area contributed by atoms with E-state index in [9.17, 15) is 4.79 Å². The van der Waals surface area contributed by atoms with E-state index in [0.717, 1.165) is 30.4 Å². The van der Waals surface area contributed by atoms with Crippen molar-refractivity contribution in [1.29, 1.82) is 0 Å². The number of rotatable bonds is 4. The van der Waals surface area contributed by atoms with Crippen molar-refractivity contribution in [3.05, 3.63) is 47.5 Å². The zero-order chi connectivity index (χ0) is 13.0. The van der Waals surface area contributed by atoms with Crippen molar-refractivity contribution in [2.24, 2.45) is 0 Å². The van der Waals surface area contributed by atoms with Crippen LogP contribution in [-0.4, -0.2) is 11.1 Å². The number of fused-ring (bicyclic) bond motifs is 1. The molecule has 0 radical (unpaired) electrons. The van der Waals surface area contributed by atoms with Gasteiger partial charge in [-0.2, -0.15) is 0 Å². The normalized spacial score (nSPS) is 10.6. The van der Waals surface area contributed by atoms with E-state index in [2.05, 4.69) is 19.1 Å². The van der Waals surface area contributed by atoms with Crippen LogP contribution in [0.25, 0.3) is 11.1 Å². The molecule has 0 aromatic carbocycles. The van der Waals surface area contributed by atoms with Crippen LogP contribution in [0.5, 0.6) is 0 Å². The summed E-state index contributed by atoms with van der Waals surface area (Å²) in [5.41, 5.74) is 5.62. The number of amides is 1. The van der Waals surface area contributed by atoms with E-state index < -0.39 is 5.91 Å². The Morgan fingerprint density at radius 1 is 1.28 bits per heavy atom. The third-order valence-electron chi connectivity index (χ3n) is 3.14. The number of carbonyl (C=O) groups excluding carboxylic acids is 1. The molecule has 0 bridgehead atoms. The second kappa shape index (κ2) is 5.65. The predicted molar refractivity (Wildman–Crippen MR) is 70.9 cm³/mol. The van der Waals surface area contributed by atoms with Gasteiger partial charge in [-0.15, -0.1) is 0 Å². The van der Waals surface area contributed by atoms with Crippen LogP contribution in [0.2, 0.25) is 0 Å². The molecule has 0 saturated carbocycles. The second-order valence-electron chi connectivity index (χ2n) is 4.40. The van der Waals surface area contributed by atoms with Gasteiger partial charge in [0.25, 0.3) is 5.91 Å². The Labute approximate surface area is 107 Å². The highest BCUT2D eigenvalue weighted by molar-refractivity contribution is 5.94. The van der Waals surface area contributed by atoms with Gasteiger partial charge in [0.05, 0.1) is 0 Å². The first-order valence-electron chi connectivity index (χ1n) is 6.22. The fraction of sp³-hybridized carbons (Fsp3) is 0.267. The molecule has 0 aromatic rings. The number of nitrogens with one attached hydrogen (secondary N) is 1. The van der Waals surface area contributed by atoms with Crippen LogP contribution in [0.4, 0.5) is 0 Å². The highest BCUT2D eigenvalue weighted by Crippen LogP contribution is 2.29. The molecule has 1 amide bonds. The molecule has 2 rings (SSSR count). The molecule has 0 aromatic heterocycles. The monoisotopic (exact) mass is 243 g/mol. The van der Waals surface area contributed by atoms with E-state index in [0.29, 0.717) is 5.56 Å². The van der Waals surface area contributed by atoms with Gasteiger partial charge in [-0.05, 0) is 41.7 Å². The quantitative estimate of drug-likeness (QED) is 0.639. The number of hydrogen-bond donors (Lipinski definition) is 2. The first-order valence-corrected chi connectivity index (χ1v) is 6.22. The number of hydroxylamine groups is 1. The van der Waals surface area contributed by atoms with Crippen molar-refractivity contribution < 1.29 is 10.0 Å². The van der Waals surface area contributed by atoms with E-state index in [1.54, 1.807) is 11.5 Å². The smallest absolute Gasteiger partial charge is 0.274 e. The van der Waals surface area contributed by atoms with Gasteiger partial charge in [0.15, 0.2) is 0 Å². The van der Waals surface area contributed by atoms with Crippen LogP contribution in [-0.2, 0) is 6.42 Å². The SMILES string of the molecule is CCCCc1ccc2cccc(C(=O)NO)cc1-2. The molecule has 2 N–H and O–H groups in total. The average molecular weight is 243 g/mol. The number of hydrogen-bond acceptors (Lipinski definition) is 2. The maximum atomic E-state index is 11.5. The maximum Gasteiger partial charge on any atom is 0.274 e. The molecule has 18 heavy (non-hydrogen) atoms. The van der Waals surface area contributed by atoms with Crippen molar-refractivity contribution >= 4 is 5.91 Å². The van der Waals surface area contributed by atoms with Crippen LogP contribution in [0, 0.1) is 0 Å². The first-order chi connectivity index (χ1) is 8.76. The summed E-state index contributed by atoms with van der Waals surface area (Å²) >= 11 is 0. The minimum Gasteiger partial charge on any atom is -0.288 e. The summed E-state index contributed by atoms with van der Waals surface area (Å²) in [4.78, 5) is 11.5. The van der Waals surface area contributed by atoms with Crippen molar-refractivity contribution in [1.82, 2.24) is 5.48 Å². The van der Waals surface area contributed by atoms with E-state index in [4.69, 9.17) is 5.21 Å². The number of unbranched alkanes of at least 4 members (excludes halogenated alkanes) is 1. The van der Waals surface area contributed by atoms with Crippen molar-refractivity contribution in [2.45, 2.75) is 26.2 Å². The lowest BCUT2D eigenvalue weighted by Crippen LogP contribution is -2.18. The molecular formula is C15H17NO2. The van der Waals surface area contributed by atoms with Crippen molar-refractivity contribution in [2.75, 3.05) is 0 Å². The largest absolute Gasteiger partial charge is 0.288 e. The van der Waals surface area contributed by atoms with E-state index in [1.165, 1.54) is 5.56 Å². The van der Waals surface area contributed by atoms with Crippen LogP contribution < -0.4 is 5.48 Å². The van der Waals surface area contributed by atoms with Gasteiger partial charge in [0.1, 0.15) is 0 Å². The summed E-state index contributed by atoms with van der Waals surface area (Å²) in [6, 6.07) is 11.5. The third-order valence-corrected chi connectivity index (χ3v) is 3.14. The number of aryl methyl sites for hydroxylation is 1. The van der Waals surface area contributed by atoms with Crippen LogP contribution in [0.15, 0.2) is 36.4 Å². The predicted octanol–water partition coefficient (Wildman–Crippen LogP) is 3.25. The van der Waals surface area contributed by atoms with Crippen LogP contribution in [0.3, 0.4) is 0 Å². The summed E-state index contributed by atoms with van der Waals surface area (Å²) in [6.45, 7) is 2.16. The maximum absolute atomic E-state index is 11.5. The van der Waals surface area contributed by atoms with Gasteiger partial charge in [0, 0.05) is 5.56 Å². The minimum absolute atomic E-state index is 0.469. The van der Waals surface area contributed by atoms with E-state index in [-0.39, 0.29) is 0 Å². The minimum atomic E-state index is -0.477. The highest BCUT2D eigenvalue weighted by Gasteiger charge is 2.11. The summed E-state index contributed by atoms with van der Waals surface area (Å²) in [5.74, 6) is -0.477. The fourth-order valence-corrected chi connectivity index (χ4v) is 2.13. The molecular weight excluding hydrogens is 226 g/mol. The Hall–Kier alpha value is -1.87. The lowest BCUT2D eigenvalue weighted by molar-refractivity contribution is 0.0706. The molecule has 0 fully saturated rings. The molecule has 0 aliphatic heterocycles. The number of carbonyl (C=O) groups is 1. The van der Waals surface area contributed by atoms with E-state index in [1.807, 2.05) is 18.2 Å². The molecule has 0 atom stereocenters. The zero-order valence-electron chi connectivity index (χ0n) is 10.4. The van der Waals surface area contributed by atoms with Gasteiger partial charge in [-0.1, -0.05) is 37.6 Å². The Kier molecular flexibility index (Phi) is 3.95. The van der Waals surface area contributed by atoms with Gasteiger partial charge >= 0.3 is 0 Å². The molecule has 0 heterocycles. The Morgan fingerprint density at radius 3 is 2.83 bits per heavy atom. The van der Waals surface area contributed by atoms with Crippen molar-refractivity contribution in [3.8, 4) is 11.1 Å². The summed E-state index contributed by atoms with van der Waals surface area (Å²) in [5, 5.41) is 8.70. The van der Waals surface area contributed by atoms with Gasteiger partial charge < -0.3 is 0 Å². The molecule has 0 saturated heterocycles. The van der Waals surface area contributed by atoms with Crippen LogP contribution >= 0.6 is 0 Å². The Bertz CT molecular complexity index is 522. The first kappa shape index (κ1) is 12.6. The Balaban J connectivity index is 2.43. The standard InChI is InChI=1S/C15H17NO2/c1-2-3-5-11-8-9-12-6-4-7-13(10-14(11)12)15(17)16-18/h4,6-10,18H,2-3,5H2,1H3,(H,16,17). The fourth-order valence-electron chi connectivity index (χ4n) is 2.13. The van der Waals surface area contributed by atoms with Crippen LogP contribution in [0.1, 0.15) is 35.7 Å². The topological polar surface area (TPSA) is 49.3 Å². The summed E-state index contributed by atoms with van der Waals surface area (Å²) in [7, 11) is 0. The Morgan fingerprint density at radius 2 is 2.11 bits per heavy atom. The summed E-state index contributed by atoms with van der Waals surface area (Å²) < 4.78 is 0. The van der Waals surface area contributed by atoms with Gasteiger partial charge in [-0.3, -0.25) is 10.0 Å². The van der Waals surface area contributed by atoms with Gasteiger partial charge in [0.2, 0.25) is 0 Å².